The maximum atomic E-state index is 11.9. The van der Waals surface area contributed by atoms with Crippen LogP contribution in [0.5, 0.6) is 0 Å². The van der Waals surface area contributed by atoms with Crippen molar-refractivity contribution in [3.05, 3.63) is 0 Å². The first-order chi connectivity index (χ1) is 9.58. The Morgan fingerprint density at radius 2 is 2.15 bits per heavy atom. The zero-order valence-electron chi connectivity index (χ0n) is 12.1. The van der Waals surface area contributed by atoms with Gasteiger partial charge in [-0.2, -0.15) is 0 Å². The van der Waals surface area contributed by atoms with Gasteiger partial charge in [0, 0.05) is 24.7 Å². The Hall–Kier alpha value is -1.30. The van der Waals surface area contributed by atoms with Gasteiger partial charge in [0.2, 0.25) is 0 Å². The van der Waals surface area contributed by atoms with E-state index in [4.69, 9.17) is 5.11 Å². The summed E-state index contributed by atoms with van der Waals surface area (Å²) in [4.78, 5) is 25.1. The van der Waals surface area contributed by atoms with Crippen molar-refractivity contribution in [2.45, 2.75) is 63.6 Å². The Kier molecular flexibility index (Phi) is 5.23. The summed E-state index contributed by atoms with van der Waals surface area (Å²) in [5, 5.41) is 14.5. The minimum absolute atomic E-state index is 0.0228. The smallest absolute Gasteiger partial charge is 0.315 e. The van der Waals surface area contributed by atoms with Crippen LogP contribution < -0.4 is 10.6 Å². The average Bonchev–Trinajstić information content (AvgIpc) is 2.84. The summed E-state index contributed by atoms with van der Waals surface area (Å²) in [6.45, 7) is 4.13. The van der Waals surface area contributed by atoms with Gasteiger partial charge in [0.25, 0.3) is 0 Å². The van der Waals surface area contributed by atoms with Crippen molar-refractivity contribution < 1.29 is 14.7 Å². The molecule has 2 heterocycles. The molecular weight excluding hydrogens is 258 g/mol. The highest BCUT2D eigenvalue weighted by Crippen LogP contribution is 2.26. The number of carbonyl (C=O) groups is 2. The van der Waals surface area contributed by atoms with E-state index in [9.17, 15) is 9.59 Å². The molecule has 3 N–H and O–H groups in total. The van der Waals surface area contributed by atoms with Crippen LogP contribution in [0.15, 0.2) is 0 Å². The second-order valence-corrected chi connectivity index (χ2v) is 5.87. The van der Waals surface area contributed by atoms with Gasteiger partial charge in [-0.3, -0.25) is 4.79 Å². The average molecular weight is 283 g/mol. The molecule has 0 spiro atoms. The van der Waals surface area contributed by atoms with Crippen LogP contribution in [-0.2, 0) is 4.79 Å². The van der Waals surface area contributed by atoms with E-state index < -0.39 is 5.97 Å². The van der Waals surface area contributed by atoms with Crippen molar-refractivity contribution in [3.63, 3.8) is 0 Å². The number of nitrogens with zero attached hydrogens (tertiary/aromatic N) is 1. The number of amides is 2. The SMILES string of the molecule is CCC(CC(=O)O)NC(=O)NC1CCN2CCCC2C1. The molecule has 0 radical (unpaired) electrons. The number of piperidine rings is 1. The standard InChI is InChI=1S/C14H25N3O3/c1-2-10(9-13(18)19)15-14(20)16-11-5-7-17-6-3-4-12(17)8-11/h10-12H,2-9H2,1H3,(H,18,19)(H2,15,16,20). The number of urea groups is 1. The Bertz CT molecular complexity index is 362. The second-order valence-electron chi connectivity index (χ2n) is 5.87. The summed E-state index contributed by atoms with van der Waals surface area (Å²) in [6.07, 6.45) is 5.10. The van der Waals surface area contributed by atoms with Gasteiger partial charge in [-0.15, -0.1) is 0 Å². The fourth-order valence-electron chi connectivity index (χ4n) is 3.28. The highest BCUT2D eigenvalue weighted by atomic mass is 16.4. The molecule has 2 aliphatic heterocycles. The van der Waals surface area contributed by atoms with E-state index >= 15 is 0 Å². The molecule has 0 aromatic carbocycles. The number of hydrogen-bond acceptors (Lipinski definition) is 3. The number of carboxylic acids is 1. The van der Waals surface area contributed by atoms with E-state index in [0.717, 1.165) is 19.4 Å². The van der Waals surface area contributed by atoms with Crippen molar-refractivity contribution in [1.29, 1.82) is 0 Å². The van der Waals surface area contributed by atoms with Crippen LogP contribution in [-0.4, -0.2) is 53.2 Å². The minimum Gasteiger partial charge on any atom is -0.481 e. The predicted molar refractivity (Wildman–Crippen MR) is 75.6 cm³/mol. The number of carboxylic acid groups (broad SMARTS) is 1. The molecule has 2 amide bonds. The minimum atomic E-state index is -0.878. The molecule has 0 aromatic rings. The molecule has 2 aliphatic rings. The summed E-state index contributed by atoms with van der Waals surface area (Å²) in [5.74, 6) is -0.878. The van der Waals surface area contributed by atoms with Gasteiger partial charge in [-0.05, 0) is 38.6 Å². The Labute approximate surface area is 119 Å². The summed E-state index contributed by atoms with van der Waals surface area (Å²) >= 11 is 0. The van der Waals surface area contributed by atoms with E-state index in [0.29, 0.717) is 12.5 Å². The highest BCUT2D eigenvalue weighted by Gasteiger charge is 2.32. The van der Waals surface area contributed by atoms with Crippen LogP contribution in [0.2, 0.25) is 0 Å². The van der Waals surface area contributed by atoms with Gasteiger partial charge in [0.05, 0.1) is 6.42 Å². The quantitative estimate of drug-likeness (QED) is 0.707. The lowest BCUT2D eigenvalue weighted by atomic mass is 9.98. The lowest BCUT2D eigenvalue weighted by molar-refractivity contribution is -0.137. The van der Waals surface area contributed by atoms with Gasteiger partial charge < -0.3 is 20.6 Å². The molecule has 3 atom stereocenters. The van der Waals surface area contributed by atoms with Crippen molar-refractivity contribution in [3.8, 4) is 0 Å². The third-order valence-corrected chi connectivity index (χ3v) is 4.40. The Balaban J connectivity index is 1.75. The van der Waals surface area contributed by atoms with Gasteiger partial charge in [0.15, 0.2) is 0 Å². The Morgan fingerprint density at radius 1 is 1.35 bits per heavy atom. The van der Waals surface area contributed by atoms with Crippen LogP contribution in [0.4, 0.5) is 4.79 Å². The summed E-state index contributed by atoms with van der Waals surface area (Å²) < 4.78 is 0. The molecule has 0 aromatic heterocycles. The summed E-state index contributed by atoms with van der Waals surface area (Å²) in [5.41, 5.74) is 0. The number of hydrogen-bond donors (Lipinski definition) is 3. The van der Waals surface area contributed by atoms with E-state index in [1.807, 2.05) is 6.92 Å². The van der Waals surface area contributed by atoms with Crippen LogP contribution in [0.25, 0.3) is 0 Å². The first-order valence-electron chi connectivity index (χ1n) is 7.61. The normalized spacial score (nSPS) is 27.6. The van der Waals surface area contributed by atoms with Crippen LogP contribution in [0.3, 0.4) is 0 Å². The van der Waals surface area contributed by atoms with E-state index in [1.165, 1.54) is 19.4 Å². The molecule has 6 heteroatoms. The summed E-state index contributed by atoms with van der Waals surface area (Å²) in [7, 11) is 0. The molecule has 0 saturated carbocycles. The predicted octanol–water partition coefficient (Wildman–Crippen LogP) is 1.17. The monoisotopic (exact) mass is 283 g/mol. The van der Waals surface area contributed by atoms with Crippen LogP contribution >= 0.6 is 0 Å². The van der Waals surface area contributed by atoms with E-state index in [1.54, 1.807) is 0 Å². The highest BCUT2D eigenvalue weighted by molar-refractivity contribution is 5.76. The summed E-state index contributed by atoms with van der Waals surface area (Å²) in [6, 6.07) is 0.320. The zero-order chi connectivity index (χ0) is 14.5. The van der Waals surface area contributed by atoms with Gasteiger partial charge in [-0.1, -0.05) is 6.92 Å². The topological polar surface area (TPSA) is 81.7 Å². The lowest BCUT2D eigenvalue weighted by Gasteiger charge is -2.35. The number of rotatable bonds is 5. The van der Waals surface area contributed by atoms with Crippen LogP contribution in [0.1, 0.15) is 45.4 Å². The number of nitrogens with one attached hydrogen (secondary N) is 2. The van der Waals surface area contributed by atoms with E-state index in [2.05, 4.69) is 15.5 Å². The number of aliphatic carboxylic acids is 1. The Morgan fingerprint density at radius 3 is 2.85 bits per heavy atom. The van der Waals surface area contributed by atoms with Crippen LogP contribution in [0, 0.1) is 0 Å². The van der Waals surface area contributed by atoms with Crippen molar-refractivity contribution in [2.75, 3.05) is 13.1 Å². The number of carbonyl (C=O) groups excluding carboxylic acids is 1. The molecule has 114 valence electrons. The van der Waals surface area contributed by atoms with Gasteiger partial charge >= 0.3 is 12.0 Å². The molecule has 2 fully saturated rings. The fraction of sp³-hybridized carbons (Fsp3) is 0.857. The van der Waals surface area contributed by atoms with Crippen molar-refractivity contribution in [2.24, 2.45) is 0 Å². The molecule has 2 rings (SSSR count). The third-order valence-electron chi connectivity index (χ3n) is 4.40. The third kappa shape index (κ3) is 4.10. The molecular formula is C14H25N3O3. The first-order valence-corrected chi connectivity index (χ1v) is 7.61. The molecule has 20 heavy (non-hydrogen) atoms. The van der Waals surface area contributed by atoms with Crippen molar-refractivity contribution in [1.82, 2.24) is 15.5 Å². The lowest BCUT2D eigenvalue weighted by Crippen LogP contribution is -2.51. The molecule has 0 bridgehead atoms. The van der Waals surface area contributed by atoms with Crippen molar-refractivity contribution >= 4 is 12.0 Å². The molecule has 0 aliphatic carbocycles. The number of fused-ring (bicyclic) bond motifs is 1. The molecule has 2 saturated heterocycles. The molecule has 3 unspecified atom stereocenters. The maximum absolute atomic E-state index is 11.9. The first kappa shape index (κ1) is 15.1. The molecule has 6 nitrogen and oxygen atoms in total. The largest absolute Gasteiger partial charge is 0.481 e. The maximum Gasteiger partial charge on any atom is 0.315 e. The zero-order valence-corrected chi connectivity index (χ0v) is 12.1. The second kappa shape index (κ2) is 6.92. The van der Waals surface area contributed by atoms with Gasteiger partial charge in [-0.25, -0.2) is 4.79 Å². The fourth-order valence-corrected chi connectivity index (χ4v) is 3.28. The van der Waals surface area contributed by atoms with Gasteiger partial charge in [0.1, 0.15) is 0 Å². The van der Waals surface area contributed by atoms with E-state index in [-0.39, 0.29) is 24.5 Å².